The maximum Gasteiger partial charge on any atom is 0.161 e. The molecule has 0 saturated carbocycles. The quantitative estimate of drug-likeness (QED) is 0.878. The fourth-order valence-electron chi connectivity index (χ4n) is 2.09. The molecule has 5 heteroatoms. The van der Waals surface area contributed by atoms with E-state index in [0.717, 1.165) is 42.3 Å². The van der Waals surface area contributed by atoms with E-state index in [4.69, 9.17) is 0 Å². The molecule has 0 radical (unpaired) electrons. The summed E-state index contributed by atoms with van der Waals surface area (Å²) in [7, 11) is 0. The normalized spacial score (nSPS) is 11.1. The van der Waals surface area contributed by atoms with Gasteiger partial charge in [0.25, 0.3) is 0 Å². The van der Waals surface area contributed by atoms with Crippen LogP contribution in [0.1, 0.15) is 51.3 Å². The number of aromatic nitrogens is 4. The second-order valence-electron chi connectivity index (χ2n) is 5.14. The second kappa shape index (κ2) is 6.50. The minimum absolute atomic E-state index is 0.417. The number of hydrogen-bond donors (Lipinski definition) is 1. The lowest BCUT2D eigenvalue weighted by Gasteiger charge is -2.12. The average Bonchev–Trinajstić information content (AvgIpc) is 2.94. The minimum Gasteiger partial charge on any atom is -0.370 e. The third-order valence-electron chi connectivity index (χ3n) is 3.24. The highest BCUT2D eigenvalue weighted by Crippen LogP contribution is 2.20. The van der Waals surface area contributed by atoms with E-state index >= 15 is 0 Å². The summed E-state index contributed by atoms with van der Waals surface area (Å²) in [4.78, 5) is 8.76. The fourth-order valence-corrected chi connectivity index (χ4v) is 2.09. The first-order valence-electron chi connectivity index (χ1n) is 7.31. The van der Waals surface area contributed by atoms with Crippen LogP contribution in [0.5, 0.6) is 0 Å². The molecule has 0 aliphatic carbocycles. The molecule has 2 aromatic heterocycles. The highest BCUT2D eigenvalue weighted by atomic mass is 15.3. The molecule has 2 rings (SSSR count). The Kier molecular flexibility index (Phi) is 4.71. The Hall–Kier alpha value is -1.91. The molecule has 1 N–H and O–H groups in total. The Morgan fingerprint density at radius 3 is 2.65 bits per heavy atom. The zero-order chi connectivity index (χ0) is 14.5. The van der Waals surface area contributed by atoms with Gasteiger partial charge in [0.1, 0.15) is 12.1 Å². The second-order valence-corrected chi connectivity index (χ2v) is 5.14. The van der Waals surface area contributed by atoms with Gasteiger partial charge in [0.2, 0.25) is 0 Å². The van der Waals surface area contributed by atoms with Gasteiger partial charge in [-0.15, -0.1) is 0 Å². The Balaban J connectivity index is 2.39. The Morgan fingerprint density at radius 2 is 2.05 bits per heavy atom. The van der Waals surface area contributed by atoms with Crippen LogP contribution in [-0.2, 0) is 6.42 Å². The summed E-state index contributed by atoms with van der Waals surface area (Å²) in [6.45, 7) is 9.46. The van der Waals surface area contributed by atoms with Crippen molar-refractivity contribution in [2.24, 2.45) is 0 Å². The van der Waals surface area contributed by atoms with Crippen LogP contribution < -0.4 is 5.32 Å². The fraction of sp³-hybridized carbons (Fsp3) is 0.533. The highest BCUT2D eigenvalue weighted by Gasteiger charge is 2.13. The van der Waals surface area contributed by atoms with Crippen LogP contribution in [0, 0.1) is 0 Å². The molecule has 0 aliphatic heterocycles. The largest absolute Gasteiger partial charge is 0.370 e. The van der Waals surface area contributed by atoms with Crippen molar-refractivity contribution in [3.63, 3.8) is 0 Å². The van der Waals surface area contributed by atoms with E-state index in [1.54, 1.807) is 6.33 Å². The lowest BCUT2D eigenvalue weighted by Crippen LogP contribution is -2.11. The average molecular weight is 273 g/mol. The zero-order valence-electron chi connectivity index (χ0n) is 12.7. The molecule has 0 aliphatic rings. The molecule has 0 spiro atoms. The van der Waals surface area contributed by atoms with E-state index < -0.39 is 0 Å². The van der Waals surface area contributed by atoms with Crippen molar-refractivity contribution in [2.75, 3.05) is 11.9 Å². The number of anilines is 1. The number of hydrogen-bond acceptors (Lipinski definition) is 4. The van der Waals surface area contributed by atoms with Crippen LogP contribution in [0.25, 0.3) is 5.82 Å². The van der Waals surface area contributed by atoms with Gasteiger partial charge in [-0.3, -0.25) is 0 Å². The van der Waals surface area contributed by atoms with Gasteiger partial charge in [0, 0.05) is 18.3 Å². The van der Waals surface area contributed by atoms with Gasteiger partial charge < -0.3 is 5.32 Å². The molecule has 0 amide bonds. The van der Waals surface area contributed by atoms with Crippen molar-refractivity contribution >= 4 is 5.82 Å². The van der Waals surface area contributed by atoms with Gasteiger partial charge in [0.15, 0.2) is 5.82 Å². The first-order valence-corrected chi connectivity index (χ1v) is 7.31. The van der Waals surface area contributed by atoms with E-state index in [2.05, 4.69) is 48.1 Å². The van der Waals surface area contributed by atoms with Crippen molar-refractivity contribution in [3.8, 4) is 5.82 Å². The van der Waals surface area contributed by atoms with E-state index in [9.17, 15) is 0 Å². The maximum absolute atomic E-state index is 4.61. The van der Waals surface area contributed by atoms with Crippen LogP contribution in [0.2, 0.25) is 0 Å². The van der Waals surface area contributed by atoms with E-state index in [1.807, 2.05) is 16.9 Å². The molecular formula is C15H23N5. The van der Waals surface area contributed by atoms with E-state index in [0.29, 0.717) is 5.92 Å². The summed E-state index contributed by atoms with van der Waals surface area (Å²) >= 11 is 0. The Morgan fingerprint density at radius 1 is 1.25 bits per heavy atom. The summed E-state index contributed by atoms with van der Waals surface area (Å²) in [5.74, 6) is 2.20. The zero-order valence-corrected chi connectivity index (χ0v) is 12.7. The minimum atomic E-state index is 0.417. The third-order valence-corrected chi connectivity index (χ3v) is 3.24. The lowest BCUT2D eigenvalue weighted by molar-refractivity contribution is 0.748. The van der Waals surface area contributed by atoms with Crippen LogP contribution in [0.4, 0.5) is 5.82 Å². The summed E-state index contributed by atoms with van der Waals surface area (Å²) in [6, 6.07) is 2.05. The first kappa shape index (κ1) is 14.5. The van der Waals surface area contributed by atoms with Crippen molar-refractivity contribution < 1.29 is 0 Å². The summed E-state index contributed by atoms with van der Waals surface area (Å²) in [5.41, 5.74) is 2.19. The molecule has 2 aromatic rings. The van der Waals surface area contributed by atoms with E-state index in [1.165, 1.54) is 0 Å². The topological polar surface area (TPSA) is 55.6 Å². The van der Waals surface area contributed by atoms with Crippen molar-refractivity contribution in [1.82, 2.24) is 19.7 Å². The molecule has 0 atom stereocenters. The van der Waals surface area contributed by atoms with Crippen LogP contribution >= 0.6 is 0 Å². The van der Waals surface area contributed by atoms with Crippen molar-refractivity contribution in [2.45, 2.75) is 46.5 Å². The van der Waals surface area contributed by atoms with Crippen LogP contribution in [0.15, 0.2) is 18.6 Å². The maximum atomic E-state index is 4.61. The Bertz CT molecular complexity index is 559. The van der Waals surface area contributed by atoms with Gasteiger partial charge in [-0.2, -0.15) is 5.10 Å². The molecule has 0 unspecified atom stereocenters. The molecule has 108 valence electrons. The number of rotatable bonds is 6. The van der Waals surface area contributed by atoms with E-state index in [-0.39, 0.29) is 0 Å². The standard InChI is InChI=1S/C15H23N5/c1-5-8-16-14-12(6-2)15(18-10-17-14)20-9-7-13(19-20)11(3)4/h7,9-11H,5-6,8H2,1-4H3,(H,16,17,18). The number of nitrogens with zero attached hydrogens (tertiary/aromatic N) is 4. The van der Waals surface area contributed by atoms with Gasteiger partial charge in [-0.05, 0) is 24.8 Å². The van der Waals surface area contributed by atoms with Gasteiger partial charge >= 0.3 is 0 Å². The van der Waals surface area contributed by atoms with Gasteiger partial charge in [-0.25, -0.2) is 14.6 Å². The van der Waals surface area contributed by atoms with Crippen molar-refractivity contribution in [3.05, 3.63) is 29.8 Å². The monoisotopic (exact) mass is 273 g/mol. The SMILES string of the molecule is CCCNc1ncnc(-n2ccc(C(C)C)n2)c1CC. The molecule has 20 heavy (non-hydrogen) atoms. The molecule has 0 bridgehead atoms. The highest BCUT2D eigenvalue weighted by molar-refractivity contribution is 5.51. The van der Waals surface area contributed by atoms with Gasteiger partial charge in [0.05, 0.1) is 5.69 Å². The molecule has 0 aromatic carbocycles. The predicted octanol–water partition coefficient (Wildman–Crippen LogP) is 3.17. The van der Waals surface area contributed by atoms with Crippen molar-refractivity contribution in [1.29, 1.82) is 0 Å². The first-order chi connectivity index (χ1) is 9.67. The smallest absolute Gasteiger partial charge is 0.161 e. The molecular weight excluding hydrogens is 250 g/mol. The summed E-state index contributed by atoms with van der Waals surface area (Å²) < 4.78 is 1.85. The third kappa shape index (κ3) is 2.98. The lowest BCUT2D eigenvalue weighted by atomic mass is 10.1. The number of nitrogens with one attached hydrogen (secondary N) is 1. The van der Waals surface area contributed by atoms with Crippen LogP contribution in [0.3, 0.4) is 0 Å². The predicted molar refractivity (Wildman–Crippen MR) is 81.4 cm³/mol. The molecule has 0 fully saturated rings. The molecule has 0 saturated heterocycles. The van der Waals surface area contributed by atoms with Gasteiger partial charge in [-0.1, -0.05) is 27.7 Å². The molecule has 5 nitrogen and oxygen atoms in total. The Labute approximate surface area is 120 Å². The van der Waals surface area contributed by atoms with Crippen LogP contribution in [-0.4, -0.2) is 26.3 Å². The molecule has 2 heterocycles. The summed E-state index contributed by atoms with van der Waals surface area (Å²) in [5, 5.41) is 7.97. The summed E-state index contributed by atoms with van der Waals surface area (Å²) in [6.07, 6.45) is 5.52.